The van der Waals surface area contributed by atoms with Crippen molar-refractivity contribution in [1.29, 1.82) is 0 Å². The van der Waals surface area contributed by atoms with Gasteiger partial charge in [-0.05, 0) is 38.7 Å². The number of likely N-dealkylation sites (N-methyl/N-ethyl adjacent to an activating group) is 1. The van der Waals surface area contributed by atoms with Crippen LogP contribution in [0.2, 0.25) is 0 Å². The van der Waals surface area contributed by atoms with Crippen molar-refractivity contribution >= 4 is 10.0 Å². The Kier molecular flexibility index (Phi) is 5.93. The fourth-order valence-electron chi connectivity index (χ4n) is 2.24. The minimum absolute atomic E-state index is 0.345. The summed E-state index contributed by atoms with van der Waals surface area (Å²) in [6.45, 7) is 3.46. The first-order chi connectivity index (χ1) is 10.9. The maximum Gasteiger partial charge on any atom is 0.243 e. The second kappa shape index (κ2) is 7.73. The summed E-state index contributed by atoms with van der Waals surface area (Å²) in [4.78, 5) is 2.33. The number of hydrogen-bond acceptors (Lipinski definition) is 3. The smallest absolute Gasteiger partial charge is 0.243 e. The Morgan fingerprint density at radius 1 is 0.870 bits per heavy atom. The maximum absolute atomic E-state index is 13.0. The third-order valence-corrected chi connectivity index (χ3v) is 5.52. The van der Waals surface area contributed by atoms with Gasteiger partial charge in [-0.3, -0.25) is 0 Å². The van der Waals surface area contributed by atoms with Crippen LogP contribution in [0.4, 0.5) is 0 Å². The molecule has 0 aliphatic carbocycles. The zero-order valence-electron chi connectivity index (χ0n) is 13.9. The Balaban J connectivity index is 2.29. The van der Waals surface area contributed by atoms with Crippen LogP contribution in [0.1, 0.15) is 11.1 Å². The molecule has 0 aliphatic rings. The number of benzene rings is 2. The van der Waals surface area contributed by atoms with Crippen molar-refractivity contribution in [3.63, 3.8) is 0 Å². The third kappa shape index (κ3) is 4.89. The molecule has 0 fully saturated rings. The molecule has 4 nitrogen and oxygen atoms in total. The lowest BCUT2D eigenvalue weighted by atomic mass is 10.2. The molecule has 0 unspecified atom stereocenters. The highest BCUT2D eigenvalue weighted by Gasteiger charge is 2.24. The molecule has 2 aromatic carbocycles. The van der Waals surface area contributed by atoms with Gasteiger partial charge in [0.1, 0.15) is 0 Å². The van der Waals surface area contributed by atoms with Gasteiger partial charge >= 0.3 is 0 Å². The van der Waals surface area contributed by atoms with Crippen LogP contribution in [0.15, 0.2) is 59.5 Å². The SMILES string of the molecule is Cc1ccc(S(=O)(=O)N(CCN(C)C)Cc2ccccc2)cc1. The largest absolute Gasteiger partial charge is 0.308 e. The molecule has 23 heavy (non-hydrogen) atoms. The molecule has 2 aromatic rings. The van der Waals surface area contributed by atoms with E-state index in [1.807, 2.05) is 68.4 Å². The first kappa shape index (κ1) is 17.7. The summed E-state index contributed by atoms with van der Waals surface area (Å²) in [5, 5.41) is 0. The number of nitrogens with zero attached hydrogens (tertiary/aromatic N) is 2. The Bertz CT molecular complexity index is 710. The standard InChI is InChI=1S/C18H24N2O2S/c1-16-9-11-18(12-10-16)23(21,22)20(14-13-19(2)3)15-17-7-5-4-6-8-17/h4-12H,13-15H2,1-3H3. The maximum atomic E-state index is 13.0. The van der Waals surface area contributed by atoms with Gasteiger partial charge in [-0.25, -0.2) is 8.42 Å². The van der Waals surface area contributed by atoms with Crippen molar-refractivity contribution in [2.75, 3.05) is 27.2 Å². The summed E-state index contributed by atoms with van der Waals surface area (Å²) < 4.78 is 27.5. The summed E-state index contributed by atoms with van der Waals surface area (Å²) in [6.07, 6.45) is 0. The van der Waals surface area contributed by atoms with Gasteiger partial charge in [-0.15, -0.1) is 0 Å². The van der Waals surface area contributed by atoms with Crippen LogP contribution in [-0.4, -0.2) is 44.8 Å². The monoisotopic (exact) mass is 332 g/mol. The van der Waals surface area contributed by atoms with E-state index in [9.17, 15) is 8.42 Å². The van der Waals surface area contributed by atoms with E-state index in [0.29, 0.717) is 24.5 Å². The zero-order valence-corrected chi connectivity index (χ0v) is 14.8. The molecule has 0 bridgehead atoms. The molecule has 0 saturated carbocycles. The van der Waals surface area contributed by atoms with Gasteiger partial charge in [0, 0.05) is 19.6 Å². The van der Waals surface area contributed by atoms with E-state index < -0.39 is 10.0 Å². The Morgan fingerprint density at radius 3 is 2.04 bits per heavy atom. The minimum Gasteiger partial charge on any atom is -0.308 e. The van der Waals surface area contributed by atoms with E-state index in [1.54, 1.807) is 16.4 Å². The van der Waals surface area contributed by atoms with E-state index in [2.05, 4.69) is 0 Å². The third-order valence-electron chi connectivity index (χ3n) is 3.66. The predicted molar refractivity (Wildman–Crippen MR) is 93.8 cm³/mol. The second-order valence-electron chi connectivity index (χ2n) is 5.94. The summed E-state index contributed by atoms with van der Waals surface area (Å²) in [6, 6.07) is 16.7. The average molecular weight is 332 g/mol. The number of aryl methyl sites for hydroxylation is 1. The molecule has 0 saturated heterocycles. The molecule has 0 aromatic heterocycles. The lowest BCUT2D eigenvalue weighted by Crippen LogP contribution is -2.36. The van der Waals surface area contributed by atoms with Crippen molar-refractivity contribution in [3.8, 4) is 0 Å². The van der Waals surface area contributed by atoms with Crippen LogP contribution in [0.5, 0.6) is 0 Å². The van der Waals surface area contributed by atoms with Crippen LogP contribution >= 0.6 is 0 Å². The first-order valence-electron chi connectivity index (χ1n) is 7.65. The van der Waals surface area contributed by atoms with Gasteiger partial charge in [0.25, 0.3) is 0 Å². The van der Waals surface area contributed by atoms with E-state index in [0.717, 1.165) is 11.1 Å². The van der Waals surface area contributed by atoms with Gasteiger partial charge in [0.2, 0.25) is 10.0 Å². The molecule has 0 N–H and O–H groups in total. The van der Waals surface area contributed by atoms with Crippen LogP contribution in [0, 0.1) is 6.92 Å². The van der Waals surface area contributed by atoms with Gasteiger partial charge in [0.05, 0.1) is 4.90 Å². The van der Waals surface area contributed by atoms with Gasteiger partial charge in [0.15, 0.2) is 0 Å². The molecule has 0 amide bonds. The quantitative estimate of drug-likeness (QED) is 0.783. The minimum atomic E-state index is -3.51. The van der Waals surface area contributed by atoms with Crippen LogP contribution in [0.25, 0.3) is 0 Å². The number of sulfonamides is 1. The van der Waals surface area contributed by atoms with Crippen molar-refractivity contribution in [2.45, 2.75) is 18.4 Å². The molecule has 0 radical (unpaired) electrons. The van der Waals surface area contributed by atoms with Crippen LogP contribution in [0.3, 0.4) is 0 Å². The zero-order chi connectivity index (χ0) is 16.9. The fourth-order valence-corrected chi connectivity index (χ4v) is 3.66. The Morgan fingerprint density at radius 2 is 1.48 bits per heavy atom. The average Bonchev–Trinajstić information content (AvgIpc) is 2.52. The highest BCUT2D eigenvalue weighted by atomic mass is 32.2. The second-order valence-corrected chi connectivity index (χ2v) is 7.88. The number of rotatable bonds is 7. The highest BCUT2D eigenvalue weighted by molar-refractivity contribution is 7.89. The van der Waals surface area contributed by atoms with Crippen molar-refractivity contribution in [3.05, 3.63) is 65.7 Å². The summed E-state index contributed by atoms with van der Waals surface area (Å²) in [5.74, 6) is 0. The van der Waals surface area contributed by atoms with Crippen molar-refractivity contribution < 1.29 is 8.42 Å². The topological polar surface area (TPSA) is 40.6 Å². The van der Waals surface area contributed by atoms with Crippen molar-refractivity contribution in [2.24, 2.45) is 0 Å². The molecule has 0 aliphatic heterocycles. The van der Waals surface area contributed by atoms with E-state index in [-0.39, 0.29) is 0 Å². The Hall–Kier alpha value is -1.69. The first-order valence-corrected chi connectivity index (χ1v) is 9.09. The lowest BCUT2D eigenvalue weighted by molar-refractivity contribution is 0.329. The van der Waals surface area contributed by atoms with Gasteiger partial charge < -0.3 is 4.90 Å². The van der Waals surface area contributed by atoms with Gasteiger partial charge in [-0.2, -0.15) is 4.31 Å². The van der Waals surface area contributed by atoms with Crippen LogP contribution < -0.4 is 0 Å². The normalized spacial score (nSPS) is 12.0. The molecule has 0 heterocycles. The van der Waals surface area contributed by atoms with Crippen molar-refractivity contribution in [1.82, 2.24) is 9.21 Å². The van der Waals surface area contributed by atoms with E-state index >= 15 is 0 Å². The molecule has 0 spiro atoms. The molecule has 0 atom stereocenters. The predicted octanol–water partition coefficient (Wildman–Crippen LogP) is 2.75. The van der Waals surface area contributed by atoms with Crippen LogP contribution in [-0.2, 0) is 16.6 Å². The van der Waals surface area contributed by atoms with E-state index in [4.69, 9.17) is 0 Å². The molecule has 5 heteroatoms. The van der Waals surface area contributed by atoms with E-state index in [1.165, 1.54) is 0 Å². The molecule has 124 valence electrons. The molecular weight excluding hydrogens is 308 g/mol. The summed E-state index contributed by atoms with van der Waals surface area (Å²) in [5.41, 5.74) is 2.04. The number of hydrogen-bond donors (Lipinski definition) is 0. The lowest BCUT2D eigenvalue weighted by Gasteiger charge is -2.24. The fraction of sp³-hybridized carbons (Fsp3) is 0.333. The Labute approximate surface area is 139 Å². The molecule has 2 rings (SSSR count). The summed E-state index contributed by atoms with van der Waals surface area (Å²) >= 11 is 0. The highest BCUT2D eigenvalue weighted by Crippen LogP contribution is 2.19. The summed E-state index contributed by atoms with van der Waals surface area (Å²) in [7, 11) is 0.382. The molecular formula is C18H24N2O2S. The van der Waals surface area contributed by atoms with Gasteiger partial charge in [-0.1, -0.05) is 48.0 Å².